The van der Waals surface area contributed by atoms with Gasteiger partial charge in [-0.1, -0.05) is 35.7 Å². The van der Waals surface area contributed by atoms with Gasteiger partial charge < -0.3 is 14.8 Å². The SMILES string of the molecule is CC#C[C@]1(C(=O)COC(C)=O)CC[C@H]2[C@@H]3CCC4=CC(=NO)CCC4=C3[C@@H](c3ccc(N4CCCCC4)cc3)C[C@@]21C. The summed E-state index contributed by atoms with van der Waals surface area (Å²) in [6.45, 7) is 7.51. The van der Waals surface area contributed by atoms with E-state index in [0.29, 0.717) is 18.3 Å². The number of hydrogen-bond acceptors (Lipinski definition) is 6. The molecule has 1 aliphatic heterocycles. The Kier molecular flexibility index (Phi) is 7.81. The van der Waals surface area contributed by atoms with E-state index in [2.05, 4.69) is 59.2 Å². The van der Waals surface area contributed by atoms with Gasteiger partial charge in [0.25, 0.3) is 0 Å². The van der Waals surface area contributed by atoms with Gasteiger partial charge in [-0.15, -0.1) is 5.92 Å². The number of oxime groups is 1. The molecule has 1 N–H and O–H groups in total. The van der Waals surface area contributed by atoms with E-state index < -0.39 is 11.4 Å². The lowest BCUT2D eigenvalue weighted by molar-refractivity contribution is -0.150. The first-order valence-electron chi connectivity index (χ1n) is 15.9. The summed E-state index contributed by atoms with van der Waals surface area (Å²) in [4.78, 5) is 28.2. The average molecular weight is 569 g/mol. The van der Waals surface area contributed by atoms with Crippen LogP contribution in [0.2, 0.25) is 0 Å². The van der Waals surface area contributed by atoms with Crippen molar-refractivity contribution in [3.63, 3.8) is 0 Å². The van der Waals surface area contributed by atoms with E-state index in [1.54, 1.807) is 5.57 Å². The van der Waals surface area contributed by atoms with Crippen molar-refractivity contribution >= 4 is 23.2 Å². The van der Waals surface area contributed by atoms with Crippen molar-refractivity contribution in [2.24, 2.45) is 27.8 Å². The van der Waals surface area contributed by atoms with Crippen molar-refractivity contribution in [2.75, 3.05) is 24.6 Å². The first-order valence-corrected chi connectivity index (χ1v) is 15.9. The van der Waals surface area contributed by atoms with Crippen LogP contribution < -0.4 is 4.90 Å². The first kappa shape index (κ1) is 28.8. The van der Waals surface area contributed by atoms with E-state index in [1.807, 2.05) is 6.92 Å². The Morgan fingerprint density at radius 3 is 2.55 bits per heavy atom. The van der Waals surface area contributed by atoms with Crippen LogP contribution in [0.1, 0.15) is 96.5 Å². The van der Waals surface area contributed by atoms with Gasteiger partial charge in [0.15, 0.2) is 12.4 Å². The second-order valence-electron chi connectivity index (χ2n) is 13.3. The summed E-state index contributed by atoms with van der Waals surface area (Å²) in [7, 11) is 0. The van der Waals surface area contributed by atoms with Gasteiger partial charge in [-0.3, -0.25) is 9.59 Å². The molecule has 42 heavy (non-hydrogen) atoms. The molecule has 3 fully saturated rings. The molecule has 0 aromatic heterocycles. The zero-order valence-corrected chi connectivity index (χ0v) is 25.4. The van der Waals surface area contributed by atoms with Gasteiger partial charge in [-0.25, -0.2) is 0 Å². The van der Waals surface area contributed by atoms with Crippen LogP contribution in [0.5, 0.6) is 0 Å². The lowest BCUT2D eigenvalue weighted by Crippen LogP contribution is -2.51. The minimum Gasteiger partial charge on any atom is -0.458 e. The smallest absolute Gasteiger partial charge is 0.303 e. The number of carbonyl (C=O) groups excluding carboxylic acids is 2. The van der Waals surface area contributed by atoms with Gasteiger partial charge in [0.2, 0.25) is 0 Å². The molecule has 222 valence electrons. The predicted octanol–water partition coefficient (Wildman–Crippen LogP) is 6.98. The maximum absolute atomic E-state index is 14.0. The summed E-state index contributed by atoms with van der Waals surface area (Å²) in [5, 5.41) is 13.1. The third kappa shape index (κ3) is 4.70. The van der Waals surface area contributed by atoms with Gasteiger partial charge in [0.1, 0.15) is 0 Å². The molecule has 0 spiro atoms. The van der Waals surface area contributed by atoms with Crippen molar-refractivity contribution in [2.45, 2.75) is 90.9 Å². The monoisotopic (exact) mass is 568 g/mol. The molecule has 5 aliphatic rings. The first-order chi connectivity index (χ1) is 20.3. The van der Waals surface area contributed by atoms with Crippen LogP contribution in [0.3, 0.4) is 0 Å². The summed E-state index contributed by atoms with van der Waals surface area (Å²) in [5.74, 6) is 6.97. The normalized spacial score (nSPS) is 33.1. The summed E-state index contributed by atoms with van der Waals surface area (Å²) < 4.78 is 5.28. The number of ether oxygens (including phenoxy) is 1. The second kappa shape index (κ2) is 11.4. The van der Waals surface area contributed by atoms with Crippen molar-refractivity contribution in [3.05, 3.63) is 52.6 Å². The lowest BCUT2D eigenvalue weighted by atomic mass is 9.48. The molecule has 6 heteroatoms. The summed E-state index contributed by atoms with van der Waals surface area (Å²) in [5.41, 5.74) is 6.52. The van der Waals surface area contributed by atoms with Crippen molar-refractivity contribution in [1.82, 2.24) is 0 Å². The van der Waals surface area contributed by atoms with E-state index in [-0.39, 0.29) is 23.7 Å². The van der Waals surface area contributed by atoms with Crippen molar-refractivity contribution < 1.29 is 19.5 Å². The fourth-order valence-electron chi connectivity index (χ4n) is 9.38. The molecule has 0 unspecified atom stereocenters. The van der Waals surface area contributed by atoms with Gasteiger partial charge >= 0.3 is 5.97 Å². The lowest BCUT2D eigenvalue weighted by Gasteiger charge is -2.54. The molecule has 0 bridgehead atoms. The number of nitrogens with zero attached hydrogens (tertiary/aromatic N) is 2. The molecule has 1 aromatic carbocycles. The van der Waals surface area contributed by atoms with E-state index in [4.69, 9.17) is 4.74 Å². The van der Waals surface area contributed by atoms with E-state index in [9.17, 15) is 14.8 Å². The Hall–Kier alpha value is -3.33. The van der Waals surface area contributed by atoms with Gasteiger partial charge in [-0.2, -0.15) is 0 Å². The third-order valence-electron chi connectivity index (χ3n) is 11.3. The van der Waals surface area contributed by atoms with Gasteiger partial charge in [0.05, 0.1) is 11.1 Å². The van der Waals surface area contributed by atoms with Gasteiger partial charge in [-0.05, 0) is 123 Å². The molecule has 1 heterocycles. The second-order valence-corrected chi connectivity index (χ2v) is 13.3. The highest BCUT2D eigenvalue weighted by molar-refractivity contribution is 5.97. The fourth-order valence-corrected chi connectivity index (χ4v) is 9.38. The molecular weight excluding hydrogens is 524 g/mol. The summed E-state index contributed by atoms with van der Waals surface area (Å²) in [6.07, 6.45) is 12.0. The predicted molar refractivity (Wildman–Crippen MR) is 165 cm³/mol. The van der Waals surface area contributed by atoms with Crippen LogP contribution >= 0.6 is 0 Å². The van der Waals surface area contributed by atoms with Gasteiger partial charge in [0, 0.05) is 31.6 Å². The molecule has 6 rings (SSSR count). The number of allylic oxidation sites excluding steroid dienone is 4. The molecule has 6 nitrogen and oxygen atoms in total. The van der Waals surface area contributed by atoms with Crippen molar-refractivity contribution in [1.29, 1.82) is 0 Å². The summed E-state index contributed by atoms with van der Waals surface area (Å²) in [6, 6.07) is 9.25. The van der Waals surface area contributed by atoms with Crippen LogP contribution in [0.15, 0.2) is 52.2 Å². The van der Waals surface area contributed by atoms with Crippen LogP contribution in [0.25, 0.3) is 0 Å². The zero-order valence-electron chi connectivity index (χ0n) is 25.4. The number of hydrogen-bond donors (Lipinski definition) is 1. The molecule has 1 aromatic rings. The standard InChI is InChI=1S/C36H44N2O4/c1-4-17-36(33(40)23-42-24(2)39)18-16-32-30-14-10-26-21-27(37-41)11-15-29(26)34(30)31(22-35(32,36)3)25-8-12-28(13-9-25)38-19-6-5-7-20-38/h8-9,12-13,21,30-32,41H,5-7,10-11,14-16,18-20,22-23H2,1-3H3/t30-,31+,32-,35-,36+/m0/s1. The number of piperidine rings is 1. The van der Waals surface area contributed by atoms with E-state index >= 15 is 0 Å². The molecule has 4 aliphatic carbocycles. The Bertz CT molecular complexity index is 1400. The minimum absolute atomic E-state index is 0.0507. The number of anilines is 1. The Morgan fingerprint density at radius 2 is 1.86 bits per heavy atom. The number of fused-ring (bicyclic) bond motifs is 4. The maximum Gasteiger partial charge on any atom is 0.303 e. The minimum atomic E-state index is -0.830. The number of esters is 1. The van der Waals surface area contributed by atoms with Crippen LogP contribution in [-0.2, 0) is 14.3 Å². The van der Waals surface area contributed by atoms with Crippen LogP contribution in [0.4, 0.5) is 5.69 Å². The molecule has 2 saturated carbocycles. The zero-order chi connectivity index (χ0) is 29.5. The number of ketones is 1. The van der Waals surface area contributed by atoms with E-state index in [1.165, 1.54) is 48.6 Å². The third-order valence-corrected chi connectivity index (χ3v) is 11.3. The quantitative estimate of drug-likeness (QED) is 0.179. The molecule has 1 saturated heterocycles. The molecule has 0 amide bonds. The Labute approximate surface area is 250 Å². The maximum atomic E-state index is 14.0. The fraction of sp³-hybridized carbons (Fsp3) is 0.583. The highest BCUT2D eigenvalue weighted by atomic mass is 16.5. The van der Waals surface area contributed by atoms with Crippen molar-refractivity contribution in [3.8, 4) is 11.8 Å². The molecular formula is C36H44N2O4. The Balaban J connectivity index is 1.45. The van der Waals surface area contributed by atoms with Crippen LogP contribution in [0, 0.1) is 34.5 Å². The Morgan fingerprint density at radius 1 is 1.10 bits per heavy atom. The molecule has 5 atom stereocenters. The van der Waals surface area contributed by atoms with E-state index in [0.717, 1.165) is 57.3 Å². The number of rotatable bonds is 5. The molecule has 0 radical (unpaired) electrons. The average Bonchev–Trinajstić information content (AvgIpc) is 3.32. The highest BCUT2D eigenvalue weighted by Gasteiger charge is 2.65. The number of carbonyl (C=O) groups is 2. The summed E-state index contributed by atoms with van der Waals surface area (Å²) >= 11 is 0. The number of Topliss-reactive ketones (excluding diaryl/α,β-unsaturated/α-hetero) is 1. The highest BCUT2D eigenvalue weighted by Crippen LogP contribution is 2.69. The van der Waals surface area contributed by atoms with Crippen LogP contribution in [-0.4, -0.2) is 42.4 Å². The largest absolute Gasteiger partial charge is 0.458 e. The topological polar surface area (TPSA) is 79.2 Å². The number of benzene rings is 1.